The minimum Gasteiger partial charge on any atom is -0.476 e. The summed E-state index contributed by atoms with van der Waals surface area (Å²) in [5.41, 5.74) is -1.91. The average Bonchev–Trinajstić information content (AvgIpc) is 2.94. The fourth-order valence-corrected chi connectivity index (χ4v) is 2.96. The summed E-state index contributed by atoms with van der Waals surface area (Å²) < 4.78 is 39.2. The second kappa shape index (κ2) is 4.26. The van der Waals surface area contributed by atoms with Gasteiger partial charge in [-0.1, -0.05) is 0 Å². The molecule has 6 nitrogen and oxygen atoms in total. The molecule has 21 heavy (non-hydrogen) atoms. The average molecular weight is 318 g/mol. The summed E-state index contributed by atoms with van der Waals surface area (Å²) in [4.78, 5) is 22.1. The number of hydrogen-bond acceptors (Lipinski definition) is 6. The van der Waals surface area contributed by atoms with Crippen LogP contribution in [0.25, 0.3) is 0 Å². The van der Waals surface area contributed by atoms with Crippen molar-refractivity contribution >= 4 is 34.1 Å². The molecular weight excluding hydrogens is 309 g/mol. The molecule has 2 unspecified atom stereocenters. The summed E-state index contributed by atoms with van der Waals surface area (Å²) in [7, 11) is 0. The highest BCUT2D eigenvalue weighted by atomic mass is 32.1. The predicted molar refractivity (Wildman–Crippen MR) is 70.1 cm³/mol. The topological polar surface area (TPSA) is 86.9 Å². The van der Waals surface area contributed by atoms with E-state index in [1.165, 1.54) is 12.3 Å². The van der Waals surface area contributed by atoms with Gasteiger partial charge in [0.05, 0.1) is 0 Å². The number of nitrogens with one attached hydrogen (secondary N) is 1. The number of guanidine groups is 1. The van der Waals surface area contributed by atoms with Gasteiger partial charge in [0, 0.05) is 17.0 Å². The Morgan fingerprint density at radius 1 is 1.57 bits per heavy atom. The van der Waals surface area contributed by atoms with Crippen LogP contribution in [0.4, 0.5) is 18.3 Å². The second-order valence-electron chi connectivity index (χ2n) is 4.84. The van der Waals surface area contributed by atoms with Crippen molar-refractivity contribution in [2.75, 3.05) is 5.32 Å². The minimum absolute atomic E-state index is 0.102. The van der Waals surface area contributed by atoms with E-state index in [2.05, 4.69) is 20.3 Å². The number of rotatable bonds is 2. The summed E-state index contributed by atoms with van der Waals surface area (Å²) >= 11 is 0.960. The zero-order valence-corrected chi connectivity index (χ0v) is 11.4. The fourth-order valence-electron chi connectivity index (χ4n) is 2.29. The van der Waals surface area contributed by atoms with Crippen LogP contribution in [-0.4, -0.2) is 39.4 Å². The molecule has 2 heterocycles. The lowest BCUT2D eigenvalue weighted by Gasteiger charge is -2.21. The molecule has 0 bridgehead atoms. The first-order valence-electron chi connectivity index (χ1n) is 5.90. The summed E-state index contributed by atoms with van der Waals surface area (Å²) in [6.07, 6.45) is -4.54. The maximum Gasteiger partial charge on any atom is 0.414 e. The predicted octanol–water partition coefficient (Wildman–Crippen LogP) is 2.40. The Balaban J connectivity index is 1.86. The Hall–Kier alpha value is -1.97. The first-order chi connectivity index (χ1) is 9.73. The normalized spacial score (nSPS) is 27.5. The van der Waals surface area contributed by atoms with Crippen LogP contribution in [-0.2, 0) is 0 Å². The van der Waals surface area contributed by atoms with Crippen LogP contribution in [0.15, 0.2) is 15.4 Å². The first kappa shape index (κ1) is 14.0. The Bertz CT molecular complexity index is 681. The van der Waals surface area contributed by atoms with Gasteiger partial charge in [-0.15, -0.1) is 11.3 Å². The van der Waals surface area contributed by atoms with Crippen molar-refractivity contribution in [1.82, 2.24) is 4.98 Å². The lowest BCUT2D eigenvalue weighted by atomic mass is 10.1. The number of aromatic nitrogens is 1. The number of anilines is 1. The van der Waals surface area contributed by atoms with Crippen molar-refractivity contribution < 1.29 is 23.1 Å². The maximum atomic E-state index is 13.1. The molecule has 1 fully saturated rings. The SMILES string of the molecule is CC1=NC(Nc2nc(C(=O)O)cs2)=NC2(C(F)(F)F)CC12. The number of carbonyl (C=O) groups is 1. The van der Waals surface area contributed by atoms with Gasteiger partial charge in [0.1, 0.15) is 0 Å². The van der Waals surface area contributed by atoms with Crippen LogP contribution in [0.1, 0.15) is 23.8 Å². The number of alkyl halides is 3. The number of fused-ring (bicyclic) bond motifs is 1. The molecule has 1 aliphatic heterocycles. The number of hydrogen-bond donors (Lipinski definition) is 2. The van der Waals surface area contributed by atoms with Crippen molar-refractivity contribution in [3.63, 3.8) is 0 Å². The van der Waals surface area contributed by atoms with Crippen molar-refractivity contribution in [3.8, 4) is 0 Å². The molecule has 1 aliphatic carbocycles. The Labute approximate surface area is 120 Å². The molecule has 0 aromatic carbocycles. The van der Waals surface area contributed by atoms with Gasteiger partial charge in [-0.2, -0.15) is 13.2 Å². The third kappa shape index (κ3) is 2.19. The molecule has 3 rings (SSSR count). The maximum absolute atomic E-state index is 13.1. The van der Waals surface area contributed by atoms with E-state index in [1.807, 2.05) is 0 Å². The van der Waals surface area contributed by atoms with Crippen molar-refractivity contribution in [2.45, 2.75) is 25.1 Å². The van der Waals surface area contributed by atoms with E-state index in [4.69, 9.17) is 5.11 Å². The van der Waals surface area contributed by atoms with Gasteiger partial charge in [-0.25, -0.2) is 19.8 Å². The van der Waals surface area contributed by atoms with E-state index in [0.717, 1.165) is 11.3 Å². The minimum atomic E-state index is -4.43. The first-order valence-corrected chi connectivity index (χ1v) is 6.78. The fraction of sp³-hybridized carbons (Fsp3) is 0.455. The van der Waals surface area contributed by atoms with Crippen LogP contribution in [0, 0.1) is 5.92 Å². The van der Waals surface area contributed by atoms with Gasteiger partial charge in [-0.3, -0.25) is 0 Å². The van der Waals surface area contributed by atoms with Gasteiger partial charge in [0.25, 0.3) is 0 Å². The lowest BCUT2D eigenvalue weighted by molar-refractivity contribution is -0.158. The van der Waals surface area contributed by atoms with Crippen molar-refractivity contribution in [1.29, 1.82) is 0 Å². The Morgan fingerprint density at radius 3 is 2.86 bits per heavy atom. The highest BCUT2D eigenvalue weighted by Gasteiger charge is 2.73. The molecule has 0 spiro atoms. The van der Waals surface area contributed by atoms with Gasteiger partial charge >= 0.3 is 12.1 Å². The van der Waals surface area contributed by atoms with Crippen LogP contribution >= 0.6 is 11.3 Å². The van der Waals surface area contributed by atoms with E-state index in [9.17, 15) is 18.0 Å². The quantitative estimate of drug-likeness (QED) is 0.876. The molecule has 1 saturated carbocycles. The Morgan fingerprint density at radius 2 is 2.29 bits per heavy atom. The largest absolute Gasteiger partial charge is 0.476 e. The number of carboxylic acid groups (broad SMARTS) is 1. The van der Waals surface area contributed by atoms with E-state index >= 15 is 0 Å². The summed E-state index contributed by atoms with van der Waals surface area (Å²) in [5.74, 6) is -2.10. The third-order valence-corrected chi connectivity index (χ3v) is 4.21. The molecule has 112 valence electrons. The molecule has 1 aromatic heterocycles. The smallest absolute Gasteiger partial charge is 0.414 e. The standard InChI is InChI=1S/C11H9F3N4O2S/c1-4-5-2-10(5,11(12,13)14)18-8(15-4)17-9-16-6(3-21-9)7(19)20/h3,5H,2H2,1H3,(H,19,20)(H,16,17,18). The summed E-state index contributed by atoms with van der Waals surface area (Å²) in [6.45, 7) is 1.53. The number of thiazole rings is 1. The molecule has 0 radical (unpaired) electrons. The number of aliphatic imine (C=N–C) groups is 2. The number of aromatic carboxylic acids is 1. The van der Waals surface area contributed by atoms with Crippen LogP contribution in [0.5, 0.6) is 0 Å². The van der Waals surface area contributed by atoms with Gasteiger partial charge in [-0.05, 0) is 13.3 Å². The van der Waals surface area contributed by atoms with Crippen molar-refractivity contribution in [2.24, 2.45) is 15.9 Å². The van der Waals surface area contributed by atoms with E-state index < -0.39 is 23.6 Å². The zero-order chi connectivity index (χ0) is 15.4. The van der Waals surface area contributed by atoms with Crippen molar-refractivity contribution in [3.05, 3.63) is 11.1 Å². The highest BCUT2D eigenvalue weighted by molar-refractivity contribution is 7.14. The Kier molecular flexibility index (Phi) is 2.84. The second-order valence-corrected chi connectivity index (χ2v) is 5.69. The molecule has 0 saturated heterocycles. The van der Waals surface area contributed by atoms with E-state index in [-0.39, 0.29) is 23.2 Å². The van der Waals surface area contributed by atoms with Gasteiger partial charge in [0.2, 0.25) is 5.96 Å². The molecule has 2 atom stereocenters. The molecular formula is C11H9F3N4O2S. The van der Waals surface area contributed by atoms with Crippen LogP contribution in [0.2, 0.25) is 0 Å². The van der Waals surface area contributed by atoms with Crippen LogP contribution in [0.3, 0.4) is 0 Å². The molecule has 0 amide bonds. The molecule has 2 N–H and O–H groups in total. The summed E-state index contributed by atoms with van der Waals surface area (Å²) in [6, 6.07) is 0. The molecule has 1 aromatic rings. The van der Waals surface area contributed by atoms with E-state index in [1.54, 1.807) is 0 Å². The van der Waals surface area contributed by atoms with Gasteiger partial charge < -0.3 is 10.4 Å². The number of nitrogens with zero attached hydrogens (tertiary/aromatic N) is 3. The number of carboxylic acids is 1. The zero-order valence-electron chi connectivity index (χ0n) is 10.6. The van der Waals surface area contributed by atoms with E-state index in [0.29, 0.717) is 5.71 Å². The summed E-state index contributed by atoms with van der Waals surface area (Å²) in [5, 5.41) is 12.7. The lowest BCUT2D eigenvalue weighted by Crippen LogP contribution is -2.37. The molecule has 10 heteroatoms. The molecule has 2 aliphatic rings. The third-order valence-electron chi connectivity index (χ3n) is 3.46. The monoisotopic (exact) mass is 318 g/mol. The van der Waals surface area contributed by atoms with Gasteiger partial charge in [0.15, 0.2) is 16.4 Å². The highest BCUT2D eigenvalue weighted by Crippen LogP contribution is 2.59. The van der Waals surface area contributed by atoms with Crippen LogP contribution < -0.4 is 5.32 Å². The number of halogens is 3.